The first-order valence-electron chi connectivity index (χ1n) is 43.3. The number of hydrogen-bond acceptors (Lipinski definition) is 34. The van der Waals surface area contributed by atoms with E-state index in [1.54, 1.807) is 6.08 Å². The number of hydrogen-bond donors (Lipinski definition) is 24. The van der Waals surface area contributed by atoms with Crippen LogP contribution in [0.25, 0.3) is 0 Å². The molecule has 0 aromatic rings. The van der Waals surface area contributed by atoms with Crippen molar-refractivity contribution < 1.29 is 183 Å². The van der Waals surface area contributed by atoms with E-state index in [2.05, 4.69) is 35.1 Å². The molecule has 41 nitrogen and oxygen atoms in total. The highest BCUT2D eigenvalue weighted by Crippen LogP contribution is 2.43. The molecule has 5 fully saturated rings. The van der Waals surface area contributed by atoms with Gasteiger partial charge in [-0.2, -0.15) is 0 Å². The number of carboxylic acids is 3. The number of carboxylic acid groups (broad SMARTS) is 3. The number of unbranched alkanes of at least 4 members (excludes halogenated alkanes) is 25. The number of carbonyl (C=O) groups excluding carboxylic acids is 4. The van der Waals surface area contributed by atoms with E-state index in [0.29, 0.717) is 12.8 Å². The quantitative estimate of drug-likeness (QED) is 0.0221. The van der Waals surface area contributed by atoms with Gasteiger partial charge in [-0.05, 0) is 19.3 Å². The summed E-state index contributed by atoms with van der Waals surface area (Å²) in [5.41, 5.74) is 0. The van der Waals surface area contributed by atoms with Crippen LogP contribution < -0.4 is 21.3 Å². The molecule has 30 atom stereocenters. The second-order valence-corrected chi connectivity index (χ2v) is 32.9. The van der Waals surface area contributed by atoms with E-state index in [0.717, 1.165) is 85.0 Å². The van der Waals surface area contributed by atoms with Crippen LogP contribution in [0.3, 0.4) is 0 Å². The number of ether oxygens (including phenoxy) is 10. The lowest BCUT2D eigenvalue weighted by atomic mass is 9.86. The molecule has 0 aliphatic carbocycles. The van der Waals surface area contributed by atoms with E-state index in [4.69, 9.17) is 47.4 Å². The highest BCUT2D eigenvalue weighted by molar-refractivity contribution is 5.79. The Hall–Kier alpha value is -5.05. The zero-order valence-electron chi connectivity index (χ0n) is 70.8. The van der Waals surface area contributed by atoms with Crippen molar-refractivity contribution in [3.8, 4) is 0 Å². The molecule has 5 rings (SSSR count). The Balaban J connectivity index is 1.36. The Morgan fingerprint density at radius 3 is 1.20 bits per heavy atom. The summed E-state index contributed by atoms with van der Waals surface area (Å²) in [6.45, 7) is -0.0846. The Kier molecular flexibility index (Phi) is 47.9. The van der Waals surface area contributed by atoms with Crippen molar-refractivity contribution in [2.75, 3.05) is 39.6 Å². The van der Waals surface area contributed by atoms with Crippen LogP contribution in [-0.4, -0.2) is 366 Å². The molecule has 122 heavy (non-hydrogen) atoms. The van der Waals surface area contributed by atoms with Gasteiger partial charge in [0.2, 0.25) is 23.6 Å². The van der Waals surface area contributed by atoms with Gasteiger partial charge in [-0.25, -0.2) is 14.4 Å². The van der Waals surface area contributed by atoms with Crippen LogP contribution in [0.5, 0.6) is 0 Å². The van der Waals surface area contributed by atoms with Crippen LogP contribution in [0.2, 0.25) is 0 Å². The highest BCUT2D eigenvalue weighted by atomic mass is 16.8. The smallest absolute Gasteiger partial charge is 0.364 e. The fourth-order valence-corrected chi connectivity index (χ4v) is 16.1. The number of allylic oxidation sites excluding steroid dienone is 1. The van der Waals surface area contributed by atoms with Crippen molar-refractivity contribution in [3.05, 3.63) is 12.2 Å². The average molecular weight is 1760 g/mol. The molecule has 5 saturated heterocycles. The van der Waals surface area contributed by atoms with Gasteiger partial charge in [-0.3, -0.25) is 19.2 Å². The minimum atomic E-state index is -3.57. The van der Waals surface area contributed by atoms with Gasteiger partial charge in [-0.15, -0.1) is 0 Å². The van der Waals surface area contributed by atoms with E-state index in [9.17, 15) is 136 Å². The van der Waals surface area contributed by atoms with Gasteiger partial charge in [-0.1, -0.05) is 180 Å². The number of aliphatic hydroxyl groups is 17. The zero-order valence-corrected chi connectivity index (χ0v) is 70.8. The summed E-state index contributed by atoms with van der Waals surface area (Å²) >= 11 is 0. The molecule has 41 heteroatoms. The summed E-state index contributed by atoms with van der Waals surface area (Å²) in [5.74, 6) is -20.6. The van der Waals surface area contributed by atoms with Gasteiger partial charge >= 0.3 is 17.9 Å². The Morgan fingerprint density at radius 1 is 0.443 bits per heavy atom. The normalized spacial score (nSPS) is 32.8. The lowest BCUT2D eigenvalue weighted by Crippen LogP contribution is -2.72. The third-order valence-corrected chi connectivity index (χ3v) is 23.0. The van der Waals surface area contributed by atoms with E-state index in [-0.39, 0.29) is 6.42 Å². The lowest BCUT2D eigenvalue weighted by Gasteiger charge is -2.51. The summed E-state index contributed by atoms with van der Waals surface area (Å²) in [5, 5.41) is 235. The van der Waals surface area contributed by atoms with Crippen LogP contribution >= 0.6 is 0 Å². The maximum absolute atomic E-state index is 13.8. The minimum absolute atomic E-state index is 0.123. The van der Waals surface area contributed by atoms with Crippen LogP contribution in [0, 0.1) is 0 Å². The minimum Gasteiger partial charge on any atom is -0.477 e. The summed E-state index contributed by atoms with van der Waals surface area (Å²) in [7, 11) is 0. The summed E-state index contributed by atoms with van der Waals surface area (Å²) < 4.78 is 58.2. The SMILES string of the molecule is CCCCCCCCCCCCCC=CC(O)C(COC1OC(CO)C(OC2OC(CO)C(O)C(OC3(C(=O)O)CC(O)C(NC(C)=O)C(C(O)C(CO)OC4(C(=O)O)CC(O)C(NC(C)=O)C(C(O)C(CO)OC5(C(=O)O)CC(O)C(NC(C)=O)C(C(O)C(O)CO)O5)O4)O3)C2O)C(O)C1O)NC(=O)CCCCCCCCCCCCCCCCC. The second kappa shape index (κ2) is 54.3. The first-order chi connectivity index (χ1) is 58.0. The van der Waals surface area contributed by atoms with Gasteiger partial charge in [0.05, 0.1) is 88.2 Å². The summed E-state index contributed by atoms with van der Waals surface area (Å²) in [6, 6.07) is -7.02. The second-order valence-electron chi connectivity index (χ2n) is 32.9. The molecule has 5 aliphatic rings. The first-order valence-corrected chi connectivity index (χ1v) is 43.3. The summed E-state index contributed by atoms with van der Waals surface area (Å²) in [4.78, 5) is 92.1. The van der Waals surface area contributed by atoms with Crippen molar-refractivity contribution in [2.45, 2.75) is 416 Å². The van der Waals surface area contributed by atoms with E-state index < -0.39 is 283 Å². The molecule has 0 radical (unpaired) electrons. The largest absolute Gasteiger partial charge is 0.477 e. The van der Waals surface area contributed by atoms with Crippen molar-refractivity contribution in [2.24, 2.45) is 0 Å². The number of nitrogens with one attached hydrogen (secondary N) is 4. The average Bonchev–Trinajstić information content (AvgIpc) is 0.748. The van der Waals surface area contributed by atoms with Crippen LogP contribution in [-0.2, 0) is 80.9 Å². The number of carbonyl (C=O) groups is 7. The molecule has 5 aliphatic heterocycles. The van der Waals surface area contributed by atoms with Crippen molar-refractivity contribution in [3.63, 3.8) is 0 Å². The third kappa shape index (κ3) is 31.7. The maximum Gasteiger partial charge on any atom is 0.364 e. The van der Waals surface area contributed by atoms with Gasteiger partial charge in [0.15, 0.2) is 12.6 Å². The molecule has 24 N–H and O–H groups in total. The lowest BCUT2D eigenvalue weighted by molar-refractivity contribution is -0.388. The van der Waals surface area contributed by atoms with E-state index >= 15 is 0 Å². The van der Waals surface area contributed by atoms with Gasteiger partial charge < -0.3 is 171 Å². The third-order valence-electron chi connectivity index (χ3n) is 23.0. The molecule has 0 saturated carbocycles. The van der Waals surface area contributed by atoms with E-state index in [1.165, 1.54) is 102 Å². The van der Waals surface area contributed by atoms with Crippen molar-refractivity contribution in [1.82, 2.24) is 21.3 Å². The monoisotopic (exact) mass is 1760 g/mol. The van der Waals surface area contributed by atoms with Crippen LogP contribution in [0.1, 0.15) is 234 Å². The fourth-order valence-electron chi connectivity index (χ4n) is 16.1. The Morgan fingerprint density at radius 2 is 0.820 bits per heavy atom. The zero-order chi connectivity index (χ0) is 90.6. The van der Waals surface area contributed by atoms with Gasteiger partial charge in [0, 0.05) is 46.5 Å². The van der Waals surface area contributed by atoms with Crippen molar-refractivity contribution >= 4 is 41.5 Å². The number of amides is 4. The molecule has 0 aromatic heterocycles. The van der Waals surface area contributed by atoms with Crippen LogP contribution in [0.15, 0.2) is 12.2 Å². The Labute approximate surface area is 711 Å². The van der Waals surface area contributed by atoms with Crippen LogP contribution in [0.4, 0.5) is 0 Å². The molecule has 0 bridgehead atoms. The maximum atomic E-state index is 13.8. The molecule has 0 aromatic carbocycles. The standard InChI is InChI=1S/C81H142N4O37/c1-6-8-10-12-14-16-18-20-21-23-25-27-29-31-33-35-58(99)85-48(49(94)34-32-30-28-26-24-22-19-17-15-13-11-9-7-2)44-113-74-67(105)66(104)69(57(43-90)115-74)116-75-68(106)73(63(101)54(40-87)114-75)122-81(78(111)112)38-52(97)61(84-47(5)93)72(121-81)65(103)56(42-89)118-80(77(109)110)37-51(96)60(83-46(4)92)71(120-80)64(102)55(41-88)117-79(76(107)108)36-50(95)59(82-45(3)91)70(119-79)62(100)53(98)39-86/h32,34,48-57,59-75,86-90,94-98,100-106H,6-31,33,35-44H2,1-5H3,(H,82,91)(H,83,92)(H,84,93)(H,85,99)(H,107,108)(H,109,110)(H,111,112). The first kappa shape index (κ1) is 107. The highest BCUT2D eigenvalue weighted by Gasteiger charge is 2.64. The number of aliphatic hydroxyl groups excluding tert-OH is 17. The van der Waals surface area contributed by atoms with E-state index in [1.807, 2.05) is 0 Å². The fraction of sp³-hybridized carbons (Fsp3) is 0.889. The molecule has 30 unspecified atom stereocenters. The predicted octanol–water partition coefficient (Wildman–Crippen LogP) is -2.49. The topological polar surface area (TPSA) is 665 Å². The summed E-state index contributed by atoms with van der Waals surface area (Å²) in [6.07, 6.45) is -22.5. The molecule has 5 heterocycles. The number of aliphatic carboxylic acids is 3. The number of rotatable bonds is 59. The molecule has 0 spiro atoms. The van der Waals surface area contributed by atoms with Gasteiger partial charge in [0.25, 0.3) is 17.4 Å². The Bertz CT molecular complexity index is 3100. The molecule has 4 amide bonds. The predicted molar refractivity (Wildman–Crippen MR) is 424 cm³/mol. The molecular weight excluding hydrogens is 1620 g/mol. The van der Waals surface area contributed by atoms with Crippen molar-refractivity contribution in [1.29, 1.82) is 0 Å². The van der Waals surface area contributed by atoms with Gasteiger partial charge in [0.1, 0.15) is 104 Å². The molecular formula is C81H142N4O37. The molecule has 708 valence electrons.